The number of piperazine rings is 1. The van der Waals surface area contributed by atoms with Crippen LogP contribution in [0.3, 0.4) is 0 Å². The van der Waals surface area contributed by atoms with E-state index in [2.05, 4.69) is 15.3 Å². The van der Waals surface area contributed by atoms with Gasteiger partial charge in [0.2, 0.25) is 11.8 Å². The van der Waals surface area contributed by atoms with Gasteiger partial charge in [-0.3, -0.25) is 14.4 Å². The van der Waals surface area contributed by atoms with Crippen LogP contribution in [-0.2, 0) is 14.3 Å². The SMILES string of the molecule is CCOC(=O)N1CCN(C(=O)[C@H](CCC(=O)O)NC(=O)c2cc(OC3CCCCC3)nc(-c3ccccc3)n2)CC1. The van der Waals surface area contributed by atoms with E-state index in [1.807, 2.05) is 30.3 Å². The lowest BCUT2D eigenvalue weighted by atomic mass is 9.98. The maximum absolute atomic E-state index is 13.5. The molecule has 41 heavy (non-hydrogen) atoms. The quantitative estimate of drug-likeness (QED) is 0.441. The fourth-order valence-corrected chi connectivity index (χ4v) is 4.97. The van der Waals surface area contributed by atoms with E-state index in [9.17, 15) is 24.3 Å². The molecule has 0 bridgehead atoms. The minimum Gasteiger partial charge on any atom is -0.481 e. The van der Waals surface area contributed by atoms with Gasteiger partial charge in [-0.2, -0.15) is 4.98 Å². The first-order chi connectivity index (χ1) is 19.8. The third-order valence-corrected chi connectivity index (χ3v) is 7.17. The van der Waals surface area contributed by atoms with Crippen molar-refractivity contribution in [2.24, 2.45) is 0 Å². The van der Waals surface area contributed by atoms with Crippen LogP contribution in [0.25, 0.3) is 11.4 Å². The second-order valence-corrected chi connectivity index (χ2v) is 10.1. The van der Waals surface area contributed by atoms with E-state index in [1.165, 1.54) is 15.9 Å². The second-order valence-electron chi connectivity index (χ2n) is 10.1. The molecule has 4 rings (SSSR count). The number of carboxylic acid groups (broad SMARTS) is 1. The lowest BCUT2D eigenvalue weighted by Crippen LogP contribution is -2.56. The maximum atomic E-state index is 13.5. The third-order valence-electron chi connectivity index (χ3n) is 7.17. The second kappa shape index (κ2) is 14.4. The van der Waals surface area contributed by atoms with Gasteiger partial charge in [-0.05, 0) is 39.0 Å². The van der Waals surface area contributed by atoms with Gasteiger partial charge in [-0.1, -0.05) is 36.8 Å². The van der Waals surface area contributed by atoms with Crippen LogP contribution in [-0.4, -0.2) is 93.7 Å². The highest BCUT2D eigenvalue weighted by molar-refractivity contribution is 5.96. The number of aliphatic carboxylic acids is 1. The van der Waals surface area contributed by atoms with Gasteiger partial charge in [0.1, 0.15) is 17.8 Å². The van der Waals surface area contributed by atoms with Crippen LogP contribution < -0.4 is 10.1 Å². The van der Waals surface area contributed by atoms with Crippen molar-refractivity contribution in [3.63, 3.8) is 0 Å². The number of nitrogens with zero attached hydrogens (tertiary/aromatic N) is 4. The molecule has 220 valence electrons. The monoisotopic (exact) mass is 567 g/mol. The van der Waals surface area contributed by atoms with Crippen LogP contribution in [0.2, 0.25) is 0 Å². The number of benzene rings is 1. The molecule has 0 radical (unpaired) electrons. The predicted octanol–water partition coefficient (Wildman–Crippen LogP) is 3.12. The van der Waals surface area contributed by atoms with Crippen LogP contribution in [0.15, 0.2) is 36.4 Å². The first-order valence-electron chi connectivity index (χ1n) is 14.2. The molecule has 0 spiro atoms. The number of ether oxygens (including phenoxy) is 2. The first kappa shape index (κ1) is 29.8. The summed E-state index contributed by atoms with van der Waals surface area (Å²) in [4.78, 5) is 62.3. The molecular weight excluding hydrogens is 530 g/mol. The topological polar surface area (TPSA) is 151 Å². The number of carboxylic acids is 1. The van der Waals surface area contributed by atoms with Crippen LogP contribution in [0.1, 0.15) is 62.4 Å². The van der Waals surface area contributed by atoms with E-state index in [0.29, 0.717) is 11.4 Å². The van der Waals surface area contributed by atoms with Gasteiger partial charge < -0.3 is 29.7 Å². The van der Waals surface area contributed by atoms with Crippen molar-refractivity contribution >= 4 is 23.9 Å². The first-order valence-corrected chi connectivity index (χ1v) is 14.2. The number of aromatic nitrogens is 2. The number of carbonyl (C=O) groups excluding carboxylic acids is 3. The van der Waals surface area contributed by atoms with Gasteiger partial charge in [-0.15, -0.1) is 0 Å². The number of carbonyl (C=O) groups is 4. The standard InChI is InChI=1S/C29H37N5O7/c1-2-40-29(39)34-17-15-33(16-18-34)28(38)22(13-14-25(35)36)31-27(37)23-19-24(41-21-11-7-4-8-12-21)32-26(30-23)20-9-5-3-6-10-20/h3,5-6,9-10,19,21-22H,2,4,7-8,11-18H2,1H3,(H,31,37)(H,35,36)/t22-/m0/s1. The Morgan fingerprint density at radius 3 is 2.34 bits per heavy atom. The van der Waals surface area contributed by atoms with Gasteiger partial charge in [0.25, 0.3) is 5.91 Å². The largest absolute Gasteiger partial charge is 0.481 e. The van der Waals surface area contributed by atoms with Gasteiger partial charge in [0, 0.05) is 44.2 Å². The molecule has 2 N–H and O–H groups in total. The Morgan fingerprint density at radius 1 is 1.00 bits per heavy atom. The van der Waals surface area contributed by atoms with Gasteiger partial charge in [0.15, 0.2) is 5.82 Å². The van der Waals surface area contributed by atoms with E-state index in [-0.39, 0.29) is 63.3 Å². The summed E-state index contributed by atoms with van der Waals surface area (Å²) in [7, 11) is 0. The molecule has 1 saturated heterocycles. The summed E-state index contributed by atoms with van der Waals surface area (Å²) in [6.07, 6.45) is 4.25. The van der Waals surface area contributed by atoms with Crippen LogP contribution in [0.4, 0.5) is 4.79 Å². The van der Waals surface area contributed by atoms with Gasteiger partial charge in [-0.25, -0.2) is 9.78 Å². The molecular formula is C29H37N5O7. The Bertz CT molecular complexity index is 1210. The summed E-state index contributed by atoms with van der Waals surface area (Å²) in [6.45, 7) is 3.00. The van der Waals surface area contributed by atoms with E-state index < -0.39 is 29.9 Å². The summed E-state index contributed by atoms with van der Waals surface area (Å²) < 4.78 is 11.2. The lowest BCUT2D eigenvalue weighted by molar-refractivity contribution is -0.138. The predicted molar refractivity (Wildman–Crippen MR) is 148 cm³/mol. The molecule has 12 heteroatoms. The van der Waals surface area contributed by atoms with Crippen molar-refractivity contribution in [2.45, 2.75) is 64.0 Å². The number of nitrogens with one attached hydrogen (secondary N) is 1. The number of hydrogen-bond donors (Lipinski definition) is 2. The molecule has 2 aliphatic rings. The normalized spacial score (nSPS) is 16.5. The van der Waals surface area contributed by atoms with E-state index in [4.69, 9.17) is 9.47 Å². The Labute approximate surface area is 239 Å². The highest BCUT2D eigenvalue weighted by Gasteiger charge is 2.31. The minimum absolute atomic E-state index is 0.00338. The maximum Gasteiger partial charge on any atom is 0.409 e. The Hall–Kier alpha value is -4.22. The Kier molecular flexibility index (Phi) is 10.5. The number of amides is 3. The van der Waals surface area contributed by atoms with Gasteiger partial charge >= 0.3 is 12.1 Å². The van der Waals surface area contributed by atoms with Crippen LogP contribution >= 0.6 is 0 Å². The average molecular weight is 568 g/mol. The lowest BCUT2D eigenvalue weighted by Gasteiger charge is -2.35. The van der Waals surface area contributed by atoms with Crippen molar-refractivity contribution in [1.29, 1.82) is 0 Å². The molecule has 1 aliphatic carbocycles. The molecule has 12 nitrogen and oxygen atoms in total. The molecule has 1 aromatic heterocycles. The molecule has 1 aromatic carbocycles. The van der Waals surface area contributed by atoms with Crippen molar-refractivity contribution in [1.82, 2.24) is 25.1 Å². The summed E-state index contributed by atoms with van der Waals surface area (Å²) in [5, 5.41) is 12.0. The number of hydrogen-bond acceptors (Lipinski definition) is 8. The summed E-state index contributed by atoms with van der Waals surface area (Å²) >= 11 is 0. The zero-order chi connectivity index (χ0) is 29.2. The van der Waals surface area contributed by atoms with Crippen molar-refractivity contribution in [2.75, 3.05) is 32.8 Å². The minimum atomic E-state index is -1.09. The average Bonchev–Trinajstić information content (AvgIpc) is 2.99. The van der Waals surface area contributed by atoms with Crippen LogP contribution in [0.5, 0.6) is 5.88 Å². The fourth-order valence-electron chi connectivity index (χ4n) is 4.97. The molecule has 1 aliphatic heterocycles. The molecule has 0 unspecified atom stereocenters. The summed E-state index contributed by atoms with van der Waals surface area (Å²) in [5.74, 6) is -1.54. The van der Waals surface area contributed by atoms with Crippen molar-refractivity contribution in [3.05, 3.63) is 42.1 Å². The zero-order valence-corrected chi connectivity index (χ0v) is 23.3. The summed E-state index contributed by atoms with van der Waals surface area (Å²) in [6, 6.07) is 9.58. The highest BCUT2D eigenvalue weighted by Crippen LogP contribution is 2.25. The molecule has 1 atom stereocenters. The third kappa shape index (κ3) is 8.38. The molecule has 2 fully saturated rings. The van der Waals surface area contributed by atoms with E-state index >= 15 is 0 Å². The van der Waals surface area contributed by atoms with Crippen molar-refractivity contribution in [3.8, 4) is 17.3 Å². The fraction of sp³-hybridized carbons (Fsp3) is 0.517. The Balaban J connectivity index is 1.52. The highest BCUT2D eigenvalue weighted by atomic mass is 16.6. The number of rotatable bonds is 10. The van der Waals surface area contributed by atoms with Crippen molar-refractivity contribution < 1.29 is 33.8 Å². The van der Waals surface area contributed by atoms with Crippen LogP contribution in [0, 0.1) is 0 Å². The van der Waals surface area contributed by atoms with E-state index in [1.54, 1.807) is 6.92 Å². The zero-order valence-electron chi connectivity index (χ0n) is 23.3. The molecule has 3 amide bonds. The smallest absolute Gasteiger partial charge is 0.409 e. The molecule has 1 saturated carbocycles. The molecule has 2 heterocycles. The van der Waals surface area contributed by atoms with Gasteiger partial charge in [0.05, 0.1) is 6.61 Å². The van der Waals surface area contributed by atoms with E-state index in [0.717, 1.165) is 32.1 Å². The summed E-state index contributed by atoms with van der Waals surface area (Å²) in [5.41, 5.74) is 0.721. The molecule has 2 aromatic rings. The Morgan fingerprint density at radius 2 is 1.68 bits per heavy atom.